The maximum Gasteiger partial charge on any atom is 0.222 e. The van der Waals surface area contributed by atoms with Crippen LogP contribution in [-0.4, -0.2) is 63.2 Å². The number of piperazine rings is 1. The molecule has 0 aliphatic carbocycles. The van der Waals surface area contributed by atoms with E-state index in [-0.39, 0.29) is 5.52 Å². The van der Waals surface area contributed by atoms with Gasteiger partial charge in [-0.3, -0.25) is 0 Å². The van der Waals surface area contributed by atoms with E-state index in [2.05, 4.69) is 53.3 Å². The highest BCUT2D eigenvalue weighted by Crippen LogP contribution is 2.27. The maximum absolute atomic E-state index is 14.3. The Morgan fingerprint density at radius 3 is 2.73 bits per heavy atom. The van der Waals surface area contributed by atoms with Gasteiger partial charge >= 0.3 is 0 Å². The lowest BCUT2D eigenvalue weighted by atomic mass is 10.2. The van der Waals surface area contributed by atoms with Crippen LogP contribution in [-0.2, 0) is 0 Å². The van der Waals surface area contributed by atoms with Gasteiger partial charge in [0.25, 0.3) is 0 Å². The molecule has 2 aromatic heterocycles. The van der Waals surface area contributed by atoms with Crippen molar-refractivity contribution in [1.82, 2.24) is 29.9 Å². The molecule has 7 nitrogen and oxygen atoms in total. The lowest BCUT2D eigenvalue weighted by molar-refractivity contribution is 0.312. The molecule has 1 aliphatic heterocycles. The standard InChI is InChI=1S/C13H13BrFN7/c1-20-2-4-21(5-3-20)12-13-17-18-19-22(13)10-7-8(14)6-9(15)11(10)16-12/h6-7H,2-5H2,1H3. The van der Waals surface area contributed by atoms with E-state index in [4.69, 9.17) is 0 Å². The minimum atomic E-state index is -0.392. The van der Waals surface area contributed by atoms with Crippen LogP contribution < -0.4 is 4.90 Å². The van der Waals surface area contributed by atoms with Crippen LogP contribution in [0.4, 0.5) is 10.2 Å². The number of rotatable bonds is 1. The molecule has 3 aromatic rings. The monoisotopic (exact) mass is 365 g/mol. The minimum absolute atomic E-state index is 0.275. The summed E-state index contributed by atoms with van der Waals surface area (Å²) in [7, 11) is 2.08. The van der Waals surface area contributed by atoms with Crippen molar-refractivity contribution >= 4 is 38.4 Å². The maximum atomic E-state index is 14.3. The first-order chi connectivity index (χ1) is 10.6. The van der Waals surface area contributed by atoms with E-state index < -0.39 is 5.82 Å². The summed E-state index contributed by atoms with van der Waals surface area (Å²) in [6, 6.07) is 3.17. The summed E-state index contributed by atoms with van der Waals surface area (Å²) in [6.07, 6.45) is 0. The zero-order valence-electron chi connectivity index (χ0n) is 11.9. The highest BCUT2D eigenvalue weighted by molar-refractivity contribution is 9.10. The van der Waals surface area contributed by atoms with Crippen molar-refractivity contribution in [3.63, 3.8) is 0 Å². The SMILES string of the molecule is CN1CCN(c2nc3c(F)cc(Br)cc3n3nnnc23)CC1. The molecule has 0 spiro atoms. The van der Waals surface area contributed by atoms with Crippen molar-refractivity contribution in [2.24, 2.45) is 0 Å². The number of halogens is 2. The normalized spacial score (nSPS) is 16.8. The Balaban J connectivity index is 1.95. The van der Waals surface area contributed by atoms with Gasteiger partial charge in [0.2, 0.25) is 5.65 Å². The Labute approximate surface area is 133 Å². The first-order valence-electron chi connectivity index (χ1n) is 6.94. The van der Waals surface area contributed by atoms with Gasteiger partial charge in [-0.05, 0) is 29.6 Å². The fourth-order valence-electron chi connectivity index (χ4n) is 2.70. The Morgan fingerprint density at radius 2 is 1.95 bits per heavy atom. The van der Waals surface area contributed by atoms with E-state index in [1.807, 2.05) is 0 Å². The van der Waals surface area contributed by atoms with Gasteiger partial charge in [-0.1, -0.05) is 15.9 Å². The van der Waals surface area contributed by atoms with Gasteiger partial charge in [0.1, 0.15) is 5.52 Å². The largest absolute Gasteiger partial charge is 0.351 e. The fourth-order valence-corrected chi connectivity index (χ4v) is 3.12. The van der Waals surface area contributed by atoms with E-state index in [9.17, 15) is 4.39 Å². The quantitative estimate of drug-likeness (QED) is 0.648. The van der Waals surface area contributed by atoms with Crippen molar-refractivity contribution in [2.45, 2.75) is 0 Å². The van der Waals surface area contributed by atoms with Crippen LogP contribution in [0, 0.1) is 5.82 Å². The molecule has 0 amide bonds. The molecule has 3 heterocycles. The lowest BCUT2D eigenvalue weighted by Crippen LogP contribution is -2.45. The van der Waals surface area contributed by atoms with Gasteiger partial charge in [-0.15, -0.1) is 5.10 Å². The highest BCUT2D eigenvalue weighted by Gasteiger charge is 2.22. The third kappa shape index (κ3) is 2.12. The van der Waals surface area contributed by atoms with Crippen molar-refractivity contribution in [3.8, 4) is 0 Å². The van der Waals surface area contributed by atoms with Crippen LogP contribution in [0.1, 0.15) is 0 Å². The molecule has 0 atom stereocenters. The van der Waals surface area contributed by atoms with Crippen LogP contribution in [0.2, 0.25) is 0 Å². The van der Waals surface area contributed by atoms with E-state index in [0.717, 1.165) is 26.2 Å². The van der Waals surface area contributed by atoms with Crippen molar-refractivity contribution < 1.29 is 4.39 Å². The zero-order chi connectivity index (χ0) is 15.3. The Morgan fingerprint density at radius 1 is 1.18 bits per heavy atom. The molecule has 9 heteroatoms. The molecule has 0 unspecified atom stereocenters. The number of hydrogen-bond donors (Lipinski definition) is 0. The number of anilines is 1. The van der Waals surface area contributed by atoms with Gasteiger partial charge in [-0.2, -0.15) is 4.52 Å². The second-order valence-electron chi connectivity index (χ2n) is 5.40. The summed E-state index contributed by atoms with van der Waals surface area (Å²) in [4.78, 5) is 8.86. The van der Waals surface area contributed by atoms with Crippen LogP contribution in [0.25, 0.3) is 16.7 Å². The van der Waals surface area contributed by atoms with E-state index in [1.54, 1.807) is 10.6 Å². The molecular weight excluding hydrogens is 353 g/mol. The molecule has 1 saturated heterocycles. The molecule has 0 radical (unpaired) electrons. The summed E-state index contributed by atoms with van der Waals surface area (Å²) in [5, 5.41) is 11.8. The predicted molar refractivity (Wildman–Crippen MR) is 83.5 cm³/mol. The van der Waals surface area contributed by atoms with Crippen LogP contribution in [0.5, 0.6) is 0 Å². The molecule has 0 bridgehead atoms. The molecule has 1 aromatic carbocycles. The Bertz CT molecular complexity index is 856. The molecule has 22 heavy (non-hydrogen) atoms. The first kappa shape index (κ1) is 13.8. The van der Waals surface area contributed by atoms with Gasteiger partial charge in [-0.25, -0.2) is 9.37 Å². The average Bonchev–Trinajstić information content (AvgIpc) is 2.97. The number of nitrogens with zero attached hydrogens (tertiary/aromatic N) is 7. The second-order valence-corrected chi connectivity index (χ2v) is 6.31. The number of aromatic nitrogens is 5. The number of benzene rings is 1. The van der Waals surface area contributed by atoms with Gasteiger partial charge in [0, 0.05) is 30.7 Å². The summed E-state index contributed by atoms with van der Waals surface area (Å²) in [5.41, 5.74) is 1.37. The van der Waals surface area contributed by atoms with Gasteiger partial charge in [0.05, 0.1) is 5.52 Å². The molecule has 114 valence electrons. The molecule has 1 aliphatic rings. The number of tetrazole rings is 1. The average molecular weight is 366 g/mol. The smallest absolute Gasteiger partial charge is 0.222 e. The topological polar surface area (TPSA) is 62.5 Å². The van der Waals surface area contributed by atoms with Gasteiger partial charge < -0.3 is 9.80 Å². The van der Waals surface area contributed by atoms with Crippen LogP contribution in [0.15, 0.2) is 16.6 Å². The van der Waals surface area contributed by atoms with Gasteiger partial charge in [0.15, 0.2) is 11.6 Å². The third-order valence-corrected chi connectivity index (χ3v) is 4.38. The first-order valence-corrected chi connectivity index (χ1v) is 7.73. The fraction of sp³-hybridized carbons (Fsp3) is 0.385. The lowest BCUT2D eigenvalue weighted by Gasteiger charge is -2.33. The number of fused-ring (bicyclic) bond motifs is 3. The summed E-state index contributed by atoms with van der Waals surface area (Å²) in [6.45, 7) is 3.48. The predicted octanol–water partition coefficient (Wildman–Crippen LogP) is 1.33. The molecule has 4 rings (SSSR count). The van der Waals surface area contributed by atoms with Crippen molar-refractivity contribution in [3.05, 3.63) is 22.4 Å². The van der Waals surface area contributed by atoms with Crippen molar-refractivity contribution in [1.29, 1.82) is 0 Å². The number of hydrogen-bond acceptors (Lipinski definition) is 6. The van der Waals surface area contributed by atoms with Crippen molar-refractivity contribution in [2.75, 3.05) is 38.1 Å². The minimum Gasteiger partial charge on any atom is -0.351 e. The van der Waals surface area contributed by atoms with Crippen LogP contribution in [0.3, 0.4) is 0 Å². The molecule has 0 N–H and O–H groups in total. The second kappa shape index (κ2) is 5.10. The molecule has 1 fully saturated rings. The van der Waals surface area contributed by atoms with E-state index in [1.165, 1.54) is 6.07 Å². The third-order valence-electron chi connectivity index (χ3n) is 3.93. The number of likely N-dealkylation sites (N-methyl/N-ethyl adjacent to an activating group) is 1. The summed E-state index contributed by atoms with van der Waals surface area (Å²) < 4.78 is 16.5. The molecular formula is C13H13BrFN7. The zero-order valence-corrected chi connectivity index (χ0v) is 13.5. The molecule has 0 saturated carbocycles. The Kier molecular flexibility index (Phi) is 3.19. The summed E-state index contributed by atoms with van der Waals surface area (Å²) in [5.74, 6) is 0.240. The highest BCUT2D eigenvalue weighted by atomic mass is 79.9. The Hall–Kier alpha value is -1.87. The van der Waals surface area contributed by atoms with E-state index in [0.29, 0.717) is 21.5 Å². The summed E-state index contributed by atoms with van der Waals surface area (Å²) >= 11 is 3.29. The van der Waals surface area contributed by atoms with Crippen LogP contribution >= 0.6 is 15.9 Å². The van der Waals surface area contributed by atoms with E-state index >= 15 is 0 Å².